The van der Waals surface area contributed by atoms with Crippen LogP contribution in [0.15, 0.2) is 0 Å². The van der Waals surface area contributed by atoms with Crippen molar-refractivity contribution >= 4 is 5.91 Å². The Bertz CT molecular complexity index is 197. The second-order valence-corrected chi connectivity index (χ2v) is 5.03. The molecule has 0 fully saturated rings. The van der Waals surface area contributed by atoms with Crippen LogP contribution in [0.4, 0.5) is 0 Å². The average molecular weight is 229 g/mol. The van der Waals surface area contributed by atoms with Gasteiger partial charge in [0, 0.05) is 19.5 Å². The molecule has 0 aliphatic carbocycles. The minimum Gasteiger partial charge on any atom is -0.389 e. The molecule has 96 valence electrons. The summed E-state index contributed by atoms with van der Waals surface area (Å²) in [6, 6.07) is 0. The zero-order valence-corrected chi connectivity index (χ0v) is 11.3. The molecule has 0 atom stereocenters. The summed E-state index contributed by atoms with van der Waals surface area (Å²) in [5.41, 5.74) is -0.797. The van der Waals surface area contributed by atoms with Gasteiger partial charge >= 0.3 is 0 Å². The number of unbranched alkanes of at least 4 members (excludes halogenated alkanes) is 3. The van der Waals surface area contributed by atoms with Gasteiger partial charge in [-0.25, -0.2) is 0 Å². The number of hydrogen-bond donors (Lipinski definition) is 1. The van der Waals surface area contributed by atoms with E-state index in [9.17, 15) is 9.90 Å². The molecule has 0 heterocycles. The summed E-state index contributed by atoms with van der Waals surface area (Å²) in [6.45, 7) is 8.69. The maximum Gasteiger partial charge on any atom is 0.222 e. The fraction of sp³-hybridized carbons (Fsp3) is 0.923. The number of amides is 1. The lowest BCUT2D eigenvalue weighted by Crippen LogP contribution is -2.42. The summed E-state index contributed by atoms with van der Waals surface area (Å²) in [4.78, 5) is 13.6. The van der Waals surface area contributed by atoms with E-state index in [0.29, 0.717) is 19.5 Å². The Hall–Kier alpha value is -0.570. The fourth-order valence-corrected chi connectivity index (χ4v) is 1.70. The van der Waals surface area contributed by atoms with Crippen LogP contribution in [-0.2, 0) is 4.79 Å². The quantitative estimate of drug-likeness (QED) is 0.650. The first-order valence-corrected chi connectivity index (χ1v) is 6.41. The number of likely N-dealkylation sites (N-methyl/N-ethyl adjacent to an activating group) is 1. The average Bonchev–Trinajstić information content (AvgIpc) is 2.19. The van der Waals surface area contributed by atoms with Crippen molar-refractivity contribution in [1.29, 1.82) is 0 Å². The molecule has 0 rings (SSSR count). The van der Waals surface area contributed by atoms with Crippen LogP contribution in [-0.4, -0.2) is 34.6 Å². The van der Waals surface area contributed by atoms with Crippen molar-refractivity contribution in [2.45, 2.75) is 65.4 Å². The molecule has 0 unspecified atom stereocenters. The van der Waals surface area contributed by atoms with E-state index in [1.807, 2.05) is 6.92 Å². The monoisotopic (exact) mass is 229 g/mol. The zero-order chi connectivity index (χ0) is 12.6. The van der Waals surface area contributed by atoms with Gasteiger partial charge in [0.05, 0.1) is 5.60 Å². The van der Waals surface area contributed by atoms with Crippen molar-refractivity contribution in [3.05, 3.63) is 0 Å². The topological polar surface area (TPSA) is 40.5 Å². The molecular weight excluding hydrogens is 202 g/mol. The van der Waals surface area contributed by atoms with Gasteiger partial charge in [0.15, 0.2) is 0 Å². The highest BCUT2D eigenvalue weighted by Crippen LogP contribution is 2.09. The van der Waals surface area contributed by atoms with Gasteiger partial charge in [0.1, 0.15) is 0 Å². The SMILES string of the molecule is CCCCCCC(=O)N(CC)CC(C)(C)O. The predicted molar refractivity (Wildman–Crippen MR) is 67.3 cm³/mol. The Balaban J connectivity index is 3.92. The molecule has 0 bridgehead atoms. The molecule has 1 amide bonds. The zero-order valence-electron chi connectivity index (χ0n) is 11.3. The van der Waals surface area contributed by atoms with E-state index in [4.69, 9.17) is 0 Å². The van der Waals surface area contributed by atoms with Crippen LogP contribution in [0.25, 0.3) is 0 Å². The number of aliphatic hydroxyl groups is 1. The molecule has 0 aromatic heterocycles. The Morgan fingerprint density at radius 2 is 1.81 bits per heavy atom. The third-order valence-corrected chi connectivity index (χ3v) is 2.56. The normalized spacial score (nSPS) is 11.6. The van der Waals surface area contributed by atoms with Gasteiger partial charge < -0.3 is 10.0 Å². The molecule has 16 heavy (non-hydrogen) atoms. The Labute approximate surface area is 99.8 Å². The van der Waals surface area contributed by atoms with Crippen molar-refractivity contribution in [3.63, 3.8) is 0 Å². The van der Waals surface area contributed by atoms with Crippen LogP contribution in [0.3, 0.4) is 0 Å². The molecule has 0 saturated heterocycles. The van der Waals surface area contributed by atoms with Crippen molar-refractivity contribution in [2.75, 3.05) is 13.1 Å². The lowest BCUT2D eigenvalue weighted by Gasteiger charge is -2.28. The van der Waals surface area contributed by atoms with E-state index in [0.717, 1.165) is 12.8 Å². The maximum absolute atomic E-state index is 11.8. The van der Waals surface area contributed by atoms with Gasteiger partial charge in [-0.1, -0.05) is 26.2 Å². The van der Waals surface area contributed by atoms with E-state index in [1.54, 1.807) is 18.7 Å². The smallest absolute Gasteiger partial charge is 0.222 e. The molecule has 0 saturated carbocycles. The van der Waals surface area contributed by atoms with Gasteiger partial charge in [-0.05, 0) is 27.2 Å². The Kier molecular flexibility index (Phi) is 7.39. The number of hydrogen-bond acceptors (Lipinski definition) is 2. The van der Waals surface area contributed by atoms with Crippen molar-refractivity contribution < 1.29 is 9.90 Å². The molecule has 3 nitrogen and oxygen atoms in total. The summed E-state index contributed by atoms with van der Waals surface area (Å²) in [7, 11) is 0. The Morgan fingerprint density at radius 1 is 1.19 bits per heavy atom. The molecule has 0 aliphatic heterocycles. The van der Waals surface area contributed by atoms with Gasteiger partial charge in [-0.3, -0.25) is 4.79 Å². The van der Waals surface area contributed by atoms with Crippen LogP contribution in [0.1, 0.15) is 59.8 Å². The van der Waals surface area contributed by atoms with E-state index in [-0.39, 0.29) is 5.91 Å². The van der Waals surface area contributed by atoms with E-state index >= 15 is 0 Å². The number of carbonyl (C=O) groups excluding carboxylic acids is 1. The van der Waals surface area contributed by atoms with E-state index < -0.39 is 5.60 Å². The minimum absolute atomic E-state index is 0.167. The molecule has 0 aromatic carbocycles. The molecular formula is C13H27NO2. The second-order valence-electron chi connectivity index (χ2n) is 5.03. The first-order chi connectivity index (χ1) is 7.40. The molecule has 1 N–H and O–H groups in total. The van der Waals surface area contributed by atoms with Crippen molar-refractivity contribution in [1.82, 2.24) is 4.90 Å². The number of nitrogens with zero attached hydrogens (tertiary/aromatic N) is 1. The molecule has 0 radical (unpaired) electrons. The standard InChI is InChI=1S/C13H27NO2/c1-5-7-8-9-10-12(15)14(6-2)11-13(3,4)16/h16H,5-11H2,1-4H3. The first kappa shape index (κ1) is 15.4. The van der Waals surface area contributed by atoms with Crippen LogP contribution < -0.4 is 0 Å². The fourth-order valence-electron chi connectivity index (χ4n) is 1.70. The molecule has 0 spiro atoms. The summed E-state index contributed by atoms with van der Waals surface area (Å²) in [5, 5.41) is 9.68. The Morgan fingerprint density at radius 3 is 2.25 bits per heavy atom. The van der Waals surface area contributed by atoms with Gasteiger partial charge in [0.2, 0.25) is 5.91 Å². The summed E-state index contributed by atoms with van der Waals surface area (Å²) in [5.74, 6) is 0.167. The van der Waals surface area contributed by atoms with Gasteiger partial charge in [0.25, 0.3) is 0 Å². The van der Waals surface area contributed by atoms with Gasteiger partial charge in [-0.15, -0.1) is 0 Å². The van der Waals surface area contributed by atoms with Gasteiger partial charge in [-0.2, -0.15) is 0 Å². The van der Waals surface area contributed by atoms with Crippen LogP contribution in [0.5, 0.6) is 0 Å². The lowest BCUT2D eigenvalue weighted by atomic mass is 10.1. The highest BCUT2D eigenvalue weighted by molar-refractivity contribution is 5.76. The van der Waals surface area contributed by atoms with Crippen molar-refractivity contribution in [2.24, 2.45) is 0 Å². The van der Waals surface area contributed by atoms with Crippen LogP contribution >= 0.6 is 0 Å². The second kappa shape index (κ2) is 7.66. The van der Waals surface area contributed by atoms with Crippen LogP contribution in [0.2, 0.25) is 0 Å². The first-order valence-electron chi connectivity index (χ1n) is 6.41. The molecule has 0 aromatic rings. The highest BCUT2D eigenvalue weighted by atomic mass is 16.3. The minimum atomic E-state index is -0.797. The predicted octanol–water partition coefficient (Wildman–Crippen LogP) is 2.58. The largest absolute Gasteiger partial charge is 0.389 e. The highest BCUT2D eigenvalue weighted by Gasteiger charge is 2.20. The third-order valence-electron chi connectivity index (χ3n) is 2.56. The summed E-state index contributed by atoms with van der Waals surface area (Å²) < 4.78 is 0. The number of rotatable bonds is 8. The van der Waals surface area contributed by atoms with E-state index in [2.05, 4.69) is 6.92 Å². The van der Waals surface area contributed by atoms with Crippen molar-refractivity contribution in [3.8, 4) is 0 Å². The summed E-state index contributed by atoms with van der Waals surface area (Å²) in [6.07, 6.45) is 5.10. The van der Waals surface area contributed by atoms with Crippen LogP contribution in [0, 0.1) is 0 Å². The molecule has 0 aliphatic rings. The molecule has 3 heteroatoms. The number of carbonyl (C=O) groups is 1. The summed E-state index contributed by atoms with van der Waals surface area (Å²) >= 11 is 0. The maximum atomic E-state index is 11.8. The lowest BCUT2D eigenvalue weighted by molar-refractivity contribution is -0.134. The third kappa shape index (κ3) is 7.69. The van der Waals surface area contributed by atoms with E-state index in [1.165, 1.54) is 12.8 Å².